The zero-order valence-electron chi connectivity index (χ0n) is 12.3. The van der Waals surface area contributed by atoms with Gasteiger partial charge in [0.2, 0.25) is 11.8 Å². The van der Waals surface area contributed by atoms with Crippen LogP contribution in [-0.2, 0) is 20.8 Å². The number of carboxylic acids is 1. The summed E-state index contributed by atoms with van der Waals surface area (Å²) >= 11 is 0. The molecule has 1 unspecified atom stereocenters. The van der Waals surface area contributed by atoms with Crippen LogP contribution in [0.1, 0.15) is 28.8 Å². The zero-order valence-corrected chi connectivity index (χ0v) is 12.3. The molecule has 1 aromatic rings. The molecule has 1 atom stereocenters. The number of non-ortho nitro benzene ring substituents is 1. The molecule has 1 heterocycles. The van der Waals surface area contributed by atoms with Gasteiger partial charge >= 0.3 is 5.97 Å². The van der Waals surface area contributed by atoms with Crippen LogP contribution in [0.2, 0.25) is 0 Å². The van der Waals surface area contributed by atoms with Gasteiger partial charge in [0.25, 0.3) is 11.6 Å². The number of imide groups is 1. The number of benzene rings is 1. The van der Waals surface area contributed by atoms with Crippen molar-refractivity contribution in [1.82, 2.24) is 10.6 Å². The highest BCUT2D eigenvalue weighted by Crippen LogP contribution is 2.19. The average molecular weight is 335 g/mol. The van der Waals surface area contributed by atoms with E-state index in [0.29, 0.717) is 0 Å². The molecule has 1 aliphatic rings. The van der Waals surface area contributed by atoms with E-state index < -0.39 is 41.1 Å². The van der Waals surface area contributed by atoms with Crippen LogP contribution >= 0.6 is 0 Å². The van der Waals surface area contributed by atoms with Gasteiger partial charge in [0.05, 0.1) is 11.3 Å². The number of carboxylic acid groups (broad SMARTS) is 1. The lowest BCUT2D eigenvalue weighted by atomic mass is 10.0. The lowest BCUT2D eigenvalue weighted by molar-refractivity contribution is -0.384. The molecule has 1 aliphatic heterocycles. The summed E-state index contributed by atoms with van der Waals surface area (Å²) < 4.78 is 0. The van der Waals surface area contributed by atoms with E-state index >= 15 is 0 Å². The number of aliphatic carboxylic acids is 1. The van der Waals surface area contributed by atoms with Crippen molar-refractivity contribution in [2.45, 2.75) is 25.3 Å². The molecule has 1 saturated heterocycles. The summed E-state index contributed by atoms with van der Waals surface area (Å²) in [6.45, 7) is 0. The van der Waals surface area contributed by atoms with Crippen LogP contribution in [0.4, 0.5) is 5.69 Å². The van der Waals surface area contributed by atoms with Gasteiger partial charge in [0.15, 0.2) is 0 Å². The minimum absolute atomic E-state index is 0.0492. The first-order chi connectivity index (χ1) is 11.3. The second kappa shape index (κ2) is 6.86. The minimum Gasteiger partial charge on any atom is -0.481 e. The van der Waals surface area contributed by atoms with Crippen LogP contribution in [0.15, 0.2) is 18.2 Å². The van der Waals surface area contributed by atoms with Crippen molar-refractivity contribution in [1.29, 1.82) is 0 Å². The summed E-state index contributed by atoms with van der Waals surface area (Å²) in [5.41, 5.74) is -0.494. The summed E-state index contributed by atoms with van der Waals surface area (Å²) in [6, 6.07) is 2.28. The fourth-order valence-corrected chi connectivity index (χ4v) is 2.27. The maximum absolute atomic E-state index is 12.3. The number of amides is 3. The third-order valence-corrected chi connectivity index (χ3v) is 3.44. The van der Waals surface area contributed by atoms with E-state index in [1.165, 1.54) is 6.07 Å². The molecule has 3 N–H and O–H groups in total. The molecule has 1 fully saturated rings. The molecule has 0 bridgehead atoms. The summed E-state index contributed by atoms with van der Waals surface area (Å²) in [6.07, 6.45) is -0.358. The first kappa shape index (κ1) is 17.1. The molecule has 1 aromatic carbocycles. The van der Waals surface area contributed by atoms with Crippen molar-refractivity contribution < 1.29 is 29.2 Å². The van der Waals surface area contributed by atoms with Gasteiger partial charge in [0, 0.05) is 24.1 Å². The number of carbonyl (C=O) groups is 4. The van der Waals surface area contributed by atoms with Gasteiger partial charge in [0.1, 0.15) is 6.04 Å². The van der Waals surface area contributed by atoms with Gasteiger partial charge in [-0.25, -0.2) is 0 Å². The van der Waals surface area contributed by atoms with Gasteiger partial charge in [-0.1, -0.05) is 6.07 Å². The first-order valence-electron chi connectivity index (χ1n) is 6.91. The smallest absolute Gasteiger partial charge is 0.307 e. The molecule has 0 radical (unpaired) electrons. The van der Waals surface area contributed by atoms with E-state index in [4.69, 9.17) is 5.11 Å². The van der Waals surface area contributed by atoms with Crippen LogP contribution in [-0.4, -0.2) is 39.8 Å². The highest BCUT2D eigenvalue weighted by Gasteiger charge is 2.29. The Kier molecular flexibility index (Phi) is 4.87. The monoisotopic (exact) mass is 335 g/mol. The molecular weight excluding hydrogens is 322 g/mol. The van der Waals surface area contributed by atoms with Crippen molar-refractivity contribution in [2.24, 2.45) is 0 Å². The maximum atomic E-state index is 12.3. The SMILES string of the molecule is O=C(O)Cc1ccc([N+](=O)[O-])cc1C(=O)NC1CCC(=O)NC1=O. The number of nitrogens with zero attached hydrogens (tertiary/aromatic N) is 1. The predicted octanol–water partition coefficient (Wildman–Crippen LogP) is -0.243. The Morgan fingerprint density at radius 1 is 1.38 bits per heavy atom. The molecule has 126 valence electrons. The van der Waals surface area contributed by atoms with Gasteiger partial charge in [-0.3, -0.25) is 34.6 Å². The Bertz CT molecular complexity index is 744. The van der Waals surface area contributed by atoms with Crippen LogP contribution in [0.25, 0.3) is 0 Å². The first-order valence-corrected chi connectivity index (χ1v) is 6.91. The standard InChI is InChI=1S/C14H13N3O7/c18-11-4-3-10(14(22)16-11)15-13(21)9-6-8(17(23)24)2-1-7(9)5-12(19)20/h1-2,6,10H,3-5H2,(H,15,21)(H,19,20)(H,16,18,22). The molecule has 10 nitrogen and oxygen atoms in total. The normalized spacial score (nSPS) is 17.1. The van der Waals surface area contributed by atoms with Crippen LogP contribution in [0.3, 0.4) is 0 Å². The second-order valence-electron chi connectivity index (χ2n) is 5.15. The van der Waals surface area contributed by atoms with Gasteiger partial charge in [-0.15, -0.1) is 0 Å². The van der Waals surface area contributed by atoms with Crippen LogP contribution < -0.4 is 10.6 Å². The fourth-order valence-electron chi connectivity index (χ4n) is 2.27. The largest absolute Gasteiger partial charge is 0.481 e. The molecular formula is C14H13N3O7. The predicted molar refractivity (Wildman–Crippen MR) is 78.1 cm³/mol. The van der Waals surface area contributed by atoms with E-state index in [9.17, 15) is 29.3 Å². The topological polar surface area (TPSA) is 156 Å². The highest BCUT2D eigenvalue weighted by atomic mass is 16.6. The average Bonchev–Trinajstić information content (AvgIpc) is 2.49. The summed E-state index contributed by atoms with van der Waals surface area (Å²) in [5, 5.41) is 24.2. The number of hydrogen-bond donors (Lipinski definition) is 3. The number of nitro groups is 1. The summed E-state index contributed by atoms with van der Waals surface area (Å²) in [7, 11) is 0. The number of nitrogens with one attached hydrogen (secondary N) is 2. The van der Waals surface area contributed by atoms with Crippen molar-refractivity contribution in [3.63, 3.8) is 0 Å². The van der Waals surface area contributed by atoms with Crippen molar-refractivity contribution >= 4 is 29.4 Å². The van der Waals surface area contributed by atoms with Crippen molar-refractivity contribution in [3.8, 4) is 0 Å². The number of carbonyl (C=O) groups excluding carboxylic acids is 3. The van der Waals surface area contributed by atoms with Gasteiger partial charge < -0.3 is 10.4 Å². The number of rotatable bonds is 5. The van der Waals surface area contributed by atoms with Crippen LogP contribution in [0, 0.1) is 10.1 Å². The highest BCUT2D eigenvalue weighted by molar-refractivity contribution is 6.04. The third kappa shape index (κ3) is 3.91. The van der Waals surface area contributed by atoms with E-state index in [0.717, 1.165) is 12.1 Å². The molecule has 0 spiro atoms. The summed E-state index contributed by atoms with van der Waals surface area (Å²) in [5.74, 6) is -3.15. The Labute approximate surface area is 135 Å². The third-order valence-electron chi connectivity index (χ3n) is 3.44. The molecule has 0 saturated carbocycles. The van der Waals surface area contributed by atoms with E-state index in [1.54, 1.807) is 0 Å². The lowest BCUT2D eigenvalue weighted by Gasteiger charge is -2.22. The summed E-state index contributed by atoms with van der Waals surface area (Å²) in [4.78, 5) is 56.1. The van der Waals surface area contributed by atoms with Crippen molar-refractivity contribution in [3.05, 3.63) is 39.4 Å². The Morgan fingerprint density at radius 2 is 2.08 bits per heavy atom. The fraction of sp³-hybridized carbons (Fsp3) is 0.286. The zero-order chi connectivity index (χ0) is 17.9. The van der Waals surface area contributed by atoms with Gasteiger partial charge in [-0.2, -0.15) is 0 Å². The Hall–Kier alpha value is -3.30. The van der Waals surface area contributed by atoms with E-state index in [2.05, 4.69) is 10.6 Å². The quantitative estimate of drug-likeness (QED) is 0.381. The van der Waals surface area contributed by atoms with E-state index in [1.807, 2.05) is 0 Å². The lowest BCUT2D eigenvalue weighted by Crippen LogP contribution is -2.52. The van der Waals surface area contributed by atoms with Gasteiger partial charge in [-0.05, 0) is 12.0 Å². The van der Waals surface area contributed by atoms with Crippen molar-refractivity contribution in [2.75, 3.05) is 0 Å². The minimum atomic E-state index is -1.21. The molecule has 0 aliphatic carbocycles. The molecule has 10 heteroatoms. The number of hydrogen-bond acceptors (Lipinski definition) is 6. The van der Waals surface area contributed by atoms with E-state index in [-0.39, 0.29) is 29.7 Å². The molecule has 0 aromatic heterocycles. The molecule has 3 amide bonds. The molecule has 2 rings (SSSR count). The molecule has 24 heavy (non-hydrogen) atoms. The Balaban J connectivity index is 2.27. The maximum Gasteiger partial charge on any atom is 0.307 e. The second-order valence-corrected chi connectivity index (χ2v) is 5.15. The van der Waals surface area contributed by atoms with Crippen LogP contribution in [0.5, 0.6) is 0 Å². The Morgan fingerprint density at radius 3 is 2.67 bits per heavy atom. The number of nitro benzene ring substituents is 1. The number of piperidine rings is 1.